The number of hydrogen-bond donors (Lipinski definition) is 1. The van der Waals surface area contributed by atoms with E-state index in [0.717, 1.165) is 5.56 Å². The molecule has 0 spiro atoms. The number of nitrogens with zero attached hydrogens (tertiary/aromatic N) is 1. The molecule has 3 rings (SSSR count). The Morgan fingerprint density at radius 3 is 2.43 bits per heavy atom. The molecule has 0 amide bonds. The lowest BCUT2D eigenvalue weighted by Crippen LogP contribution is -2.10. The molecule has 1 heterocycles. The van der Waals surface area contributed by atoms with Crippen molar-refractivity contribution in [3.8, 4) is 22.9 Å². The van der Waals surface area contributed by atoms with Crippen molar-refractivity contribution in [3.05, 3.63) is 64.0 Å². The molecule has 0 saturated heterocycles. The highest BCUT2D eigenvalue weighted by Gasteiger charge is 2.18. The maximum atomic E-state index is 12.9. The summed E-state index contributed by atoms with van der Waals surface area (Å²) in [5.74, 6) is 0.624. The average molecular weight is 305 g/mol. The van der Waals surface area contributed by atoms with Crippen molar-refractivity contribution in [1.82, 2.24) is 0 Å². The normalized spacial score (nSPS) is 10.9. The van der Waals surface area contributed by atoms with Crippen molar-refractivity contribution in [2.75, 3.05) is 0 Å². The Kier molecular flexibility index (Phi) is 3.63. The van der Waals surface area contributed by atoms with Crippen LogP contribution in [-0.4, -0.2) is 5.11 Å². The van der Waals surface area contributed by atoms with Crippen LogP contribution in [0.1, 0.15) is 31.1 Å². The predicted molar refractivity (Wildman–Crippen MR) is 88.4 cm³/mol. The maximum absolute atomic E-state index is 12.9. The van der Waals surface area contributed by atoms with Gasteiger partial charge in [-0.25, -0.2) is 0 Å². The molecule has 0 unspecified atom stereocenters. The largest absolute Gasteiger partial charge is 0.508 e. The van der Waals surface area contributed by atoms with E-state index >= 15 is 0 Å². The molecule has 4 nitrogen and oxygen atoms in total. The Labute approximate surface area is 133 Å². The summed E-state index contributed by atoms with van der Waals surface area (Å²) in [4.78, 5) is 12.9. The van der Waals surface area contributed by atoms with Gasteiger partial charge in [0, 0.05) is 12.0 Å². The summed E-state index contributed by atoms with van der Waals surface area (Å²) in [7, 11) is 0. The van der Waals surface area contributed by atoms with Gasteiger partial charge in [0.2, 0.25) is 5.43 Å². The average Bonchev–Trinajstić information content (AvgIpc) is 2.54. The highest BCUT2D eigenvalue weighted by Crippen LogP contribution is 2.30. The van der Waals surface area contributed by atoms with Crippen molar-refractivity contribution in [3.63, 3.8) is 0 Å². The van der Waals surface area contributed by atoms with Crippen LogP contribution in [-0.2, 0) is 0 Å². The first kappa shape index (κ1) is 14.9. The van der Waals surface area contributed by atoms with Crippen molar-refractivity contribution in [2.45, 2.75) is 19.8 Å². The molecule has 2 aromatic carbocycles. The van der Waals surface area contributed by atoms with Crippen molar-refractivity contribution < 1.29 is 9.52 Å². The van der Waals surface area contributed by atoms with E-state index in [4.69, 9.17) is 9.68 Å². The lowest BCUT2D eigenvalue weighted by Gasteiger charge is -2.13. The highest BCUT2D eigenvalue weighted by molar-refractivity contribution is 5.84. The van der Waals surface area contributed by atoms with Gasteiger partial charge in [0.25, 0.3) is 0 Å². The topological polar surface area (TPSA) is 74.2 Å². The van der Waals surface area contributed by atoms with E-state index in [2.05, 4.69) is 6.07 Å². The molecule has 1 N–H and O–H groups in total. The Balaban J connectivity index is 2.36. The molecule has 0 aliphatic heterocycles. The van der Waals surface area contributed by atoms with Gasteiger partial charge in [0.05, 0.1) is 22.6 Å². The number of benzene rings is 2. The summed E-state index contributed by atoms with van der Waals surface area (Å²) in [6, 6.07) is 13.4. The Morgan fingerprint density at radius 2 is 1.83 bits per heavy atom. The van der Waals surface area contributed by atoms with Gasteiger partial charge in [-0.2, -0.15) is 5.26 Å². The third-order valence-electron chi connectivity index (χ3n) is 3.73. The Morgan fingerprint density at radius 1 is 1.13 bits per heavy atom. The Hall–Kier alpha value is -3.06. The van der Waals surface area contributed by atoms with E-state index in [1.54, 1.807) is 30.3 Å². The van der Waals surface area contributed by atoms with Gasteiger partial charge in [-0.15, -0.1) is 0 Å². The van der Waals surface area contributed by atoms with Gasteiger partial charge in [0.1, 0.15) is 17.1 Å². The number of aromatic hydroxyl groups is 1. The lowest BCUT2D eigenvalue weighted by atomic mass is 9.96. The van der Waals surface area contributed by atoms with Crippen LogP contribution in [0.3, 0.4) is 0 Å². The van der Waals surface area contributed by atoms with E-state index in [9.17, 15) is 9.90 Å². The van der Waals surface area contributed by atoms with Crippen LogP contribution in [0.25, 0.3) is 22.1 Å². The quantitative estimate of drug-likeness (QED) is 0.771. The third kappa shape index (κ3) is 2.58. The van der Waals surface area contributed by atoms with Crippen LogP contribution in [0.5, 0.6) is 5.75 Å². The molecule has 0 aliphatic carbocycles. The van der Waals surface area contributed by atoms with E-state index in [1.165, 1.54) is 12.1 Å². The fraction of sp³-hybridized carbons (Fsp3) is 0.158. The van der Waals surface area contributed by atoms with E-state index in [1.807, 2.05) is 13.8 Å². The fourth-order valence-corrected chi connectivity index (χ4v) is 2.59. The van der Waals surface area contributed by atoms with Gasteiger partial charge in [-0.3, -0.25) is 4.79 Å². The number of hydrogen-bond acceptors (Lipinski definition) is 4. The van der Waals surface area contributed by atoms with Crippen molar-refractivity contribution in [1.29, 1.82) is 5.26 Å². The van der Waals surface area contributed by atoms with E-state index in [0.29, 0.717) is 27.9 Å². The molecule has 0 aliphatic rings. The second-order valence-electron chi connectivity index (χ2n) is 5.69. The molecular weight excluding hydrogens is 290 g/mol. The minimum atomic E-state index is -0.139. The molecule has 4 heteroatoms. The molecule has 23 heavy (non-hydrogen) atoms. The molecule has 0 atom stereocenters. The number of fused-ring (bicyclic) bond motifs is 1. The van der Waals surface area contributed by atoms with Crippen LogP contribution >= 0.6 is 0 Å². The molecular formula is C19H15NO3. The fourth-order valence-electron chi connectivity index (χ4n) is 2.59. The molecule has 3 aromatic rings. The van der Waals surface area contributed by atoms with Gasteiger partial charge in [0.15, 0.2) is 0 Å². The van der Waals surface area contributed by atoms with Crippen LogP contribution in [0, 0.1) is 11.3 Å². The highest BCUT2D eigenvalue weighted by atomic mass is 16.3. The van der Waals surface area contributed by atoms with Gasteiger partial charge < -0.3 is 9.52 Å². The van der Waals surface area contributed by atoms with E-state index in [-0.39, 0.29) is 17.1 Å². The SMILES string of the molecule is CC(C)c1oc2cc(O)ccc2c(=O)c1-c1ccc(C#N)cc1. The standard InChI is InChI=1S/C19H15NO3/c1-11(2)19-17(13-5-3-12(10-20)4-6-13)18(22)15-8-7-14(21)9-16(15)23-19/h3-9,11,21H,1-2H3. The van der Waals surface area contributed by atoms with Crippen LogP contribution in [0.15, 0.2) is 51.7 Å². The number of nitriles is 1. The minimum absolute atomic E-state index is 0.0000855. The monoisotopic (exact) mass is 305 g/mol. The van der Waals surface area contributed by atoms with Crippen molar-refractivity contribution >= 4 is 11.0 Å². The molecule has 114 valence electrons. The van der Waals surface area contributed by atoms with Crippen LogP contribution in [0.2, 0.25) is 0 Å². The zero-order chi connectivity index (χ0) is 16.6. The third-order valence-corrected chi connectivity index (χ3v) is 3.73. The first-order valence-electron chi connectivity index (χ1n) is 7.31. The second-order valence-corrected chi connectivity index (χ2v) is 5.69. The summed E-state index contributed by atoms with van der Waals surface area (Å²) in [6.07, 6.45) is 0. The summed E-state index contributed by atoms with van der Waals surface area (Å²) in [5.41, 5.74) is 1.99. The van der Waals surface area contributed by atoms with E-state index < -0.39 is 0 Å². The molecule has 0 radical (unpaired) electrons. The van der Waals surface area contributed by atoms with Crippen LogP contribution < -0.4 is 5.43 Å². The summed E-state index contributed by atoms with van der Waals surface area (Å²) < 4.78 is 5.90. The number of phenols is 1. The van der Waals surface area contributed by atoms with Crippen LogP contribution in [0.4, 0.5) is 0 Å². The first-order chi connectivity index (χ1) is 11.0. The number of phenolic OH excluding ortho intramolecular Hbond substituents is 1. The summed E-state index contributed by atoms with van der Waals surface area (Å²) in [5, 5.41) is 18.9. The molecule has 0 fully saturated rings. The Bertz CT molecular complexity index is 976. The second kappa shape index (κ2) is 5.62. The smallest absolute Gasteiger partial charge is 0.200 e. The number of rotatable bonds is 2. The first-order valence-corrected chi connectivity index (χ1v) is 7.31. The molecule has 1 aromatic heterocycles. The zero-order valence-corrected chi connectivity index (χ0v) is 12.8. The minimum Gasteiger partial charge on any atom is -0.508 e. The maximum Gasteiger partial charge on any atom is 0.200 e. The molecule has 0 saturated carbocycles. The predicted octanol–water partition coefficient (Wildman–Crippen LogP) is 4.16. The van der Waals surface area contributed by atoms with Gasteiger partial charge in [-0.1, -0.05) is 26.0 Å². The van der Waals surface area contributed by atoms with Gasteiger partial charge in [-0.05, 0) is 29.8 Å². The van der Waals surface area contributed by atoms with Gasteiger partial charge >= 0.3 is 0 Å². The molecule has 0 bridgehead atoms. The van der Waals surface area contributed by atoms with Crippen molar-refractivity contribution in [2.24, 2.45) is 0 Å². The summed E-state index contributed by atoms with van der Waals surface area (Å²) in [6.45, 7) is 3.89. The zero-order valence-electron chi connectivity index (χ0n) is 12.8. The summed E-state index contributed by atoms with van der Waals surface area (Å²) >= 11 is 0. The lowest BCUT2D eigenvalue weighted by molar-refractivity contribution is 0.470.